The van der Waals surface area contributed by atoms with Gasteiger partial charge in [-0.2, -0.15) is 0 Å². The number of hydrogen-bond donors (Lipinski definition) is 2. The molecule has 6 rings (SSSR count). The Bertz CT molecular complexity index is 1080. The molecule has 5 nitrogen and oxygen atoms in total. The fraction of sp³-hybridized carbons (Fsp3) is 0.548. The van der Waals surface area contributed by atoms with E-state index in [1.165, 1.54) is 17.5 Å². The number of likely N-dealkylation sites (tertiary alicyclic amines) is 1. The second kappa shape index (κ2) is 10.3. The first-order chi connectivity index (χ1) is 17.7. The number of anilines is 1. The summed E-state index contributed by atoms with van der Waals surface area (Å²) in [7, 11) is 0. The van der Waals surface area contributed by atoms with Crippen LogP contribution in [-0.4, -0.2) is 29.3 Å². The summed E-state index contributed by atoms with van der Waals surface area (Å²) in [6.07, 6.45) is 10.5. The fourth-order valence-electron chi connectivity index (χ4n) is 7.44. The molecule has 2 aliphatic carbocycles. The topological polar surface area (TPSA) is 61.4 Å². The summed E-state index contributed by atoms with van der Waals surface area (Å²) in [6, 6.07) is 19.4. The van der Waals surface area contributed by atoms with Crippen molar-refractivity contribution < 1.29 is 9.59 Å². The zero-order valence-corrected chi connectivity index (χ0v) is 21.2. The standard InChI is InChI=1S/C31H39N3O2/c35-30(22-13-5-2-6-14-22)33-27-18-10-8-16-24(27)31(36)34-20-19-25-28(21-11-3-1-4-12-21)32-26-17-9-7-15-23(26)29(25)34/h1,3-4,7,9,11-12,15,17,22,24-25,27-29,32H,2,5-6,8,10,13-14,16,18-20H2,(H,33,35)/t24-,25+,27+,28-,29-/m0/s1. The molecule has 0 bridgehead atoms. The van der Waals surface area contributed by atoms with Crippen molar-refractivity contribution in [3.63, 3.8) is 0 Å². The van der Waals surface area contributed by atoms with E-state index in [1.54, 1.807) is 0 Å². The van der Waals surface area contributed by atoms with Crippen LogP contribution in [-0.2, 0) is 9.59 Å². The van der Waals surface area contributed by atoms with E-state index >= 15 is 0 Å². The van der Waals surface area contributed by atoms with E-state index in [0.29, 0.717) is 5.92 Å². The number of hydrogen-bond acceptors (Lipinski definition) is 3. The van der Waals surface area contributed by atoms with Crippen LogP contribution in [0.5, 0.6) is 0 Å². The van der Waals surface area contributed by atoms with Gasteiger partial charge in [0.2, 0.25) is 11.8 Å². The Balaban J connectivity index is 1.25. The van der Waals surface area contributed by atoms with Crippen LogP contribution in [0.4, 0.5) is 5.69 Å². The van der Waals surface area contributed by atoms with Crippen molar-refractivity contribution in [1.29, 1.82) is 0 Å². The highest BCUT2D eigenvalue weighted by Gasteiger charge is 2.48. The summed E-state index contributed by atoms with van der Waals surface area (Å²) < 4.78 is 0. The number of carbonyl (C=O) groups excluding carboxylic acids is 2. The molecule has 5 heteroatoms. The summed E-state index contributed by atoms with van der Waals surface area (Å²) in [5, 5.41) is 7.17. The van der Waals surface area contributed by atoms with E-state index < -0.39 is 0 Å². The first-order valence-electron chi connectivity index (χ1n) is 14.2. The number of carbonyl (C=O) groups is 2. The van der Waals surface area contributed by atoms with Crippen molar-refractivity contribution in [2.45, 2.75) is 82.3 Å². The highest BCUT2D eigenvalue weighted by Crippen LogP contribution is 2.51. The van der Waals surface area contributed by atoms with Crippen molar-refractivity contribution in [3.05, 3.63) is 65.7 Å². The van der Waals surface area contributed by atoms with Gasteiger partial charge in [-0.15, -0.1) is 0 Å². The number of fused-ring (bicyclic) bond motifs is 3. The molecule has 2 saturated carbocycles. The average molecular weight is 486 g/mol. The van der Waals surface area contributed by atoms with Crippen LogP contribution in [0, 0.1) is 17.8 Å². The minimum Gasteiger partial charge on any atom is -0.378 e. The predicted octanol–water partition coefficient (Wildman–Crippen LogP) is 6.00. The zero-order chi connectivity index (χ0) is 24.5. The van der Waals surface area contributed by atoms with Gasteiger partial charge in [-0.1, -0.05) is 80.6 Å². The largest absolute Gasteiger partial charge is 0.378 e. The van der Waals surface area contributed by atoms with Gasteiger partial charge in [-0.25, -0.2) is 0 Å². The van der Waals surface area contributed by atoms with Gasteiger partial charge in [0.1, 0.15) is 0 Å². The Morgan fingerprint density at radius 1 is 0.806 bits per heavy atom. The molecule has 2 amide bonds. The monoisotopic (exact) mass is 485 g/mol. The van der Waals surface area contributed by atoms with Gasteiger partial charge in [-0.3, -0.25) is 9.59 Å². The number of amides is 2. The number of rotatable bonds is 4. The number of para-hydroxylation sites is 1. The second-order valence-electron chi connectivity index (χ2n) is 11.4. The van der Waals surface area contributed by atoms with Gasteiger partial charge < -0.3 is 15.5 Å². The lowest BCUT2D eigenvalue weighted by molar-refractivity contribution is -0.140. The van der Waals surface area contributed by atoms with Crippen LogP contribution in [0.1, 0.15) is 87.4 Å². The molecule has 2 aliphatic heterocycles. The molecular weight excluding hydrogens is 446 g/mol. The second-order valence-corrected chi connectivity index (χ2v) is 11.4. The smallest absolute Gasteiger partial charge is 0.228 e. The highest BCUT2D eigenvalue weighted by molar-refractivity contribution is 5.84. The maximum atomic E-state index is 14.2. The fourth-order valence-corrected chi connectivity index (χ4v) is 7.44. The van der Waals surface area contributed by atoms with E-state index in [9.17, 15) is 9.59 Å². The van der Waals surface area contributed by atoms with Gasteiger partial charge >= 0.3 is 0 Å². The van der Waals surface area contributed by atoms with Crippen molar-refractivity contribution in [2.24, 2.45) is 17.8 Å². The molecule has 0 spiro atoms. The predicted molar refractivity (Wildman–Crippen MR) is 142 cm³/mol. The summed E-state index contributed by atoms with van der Waals surface area (Å²) in [5.41, 5.74) is 3.66. The molecule has 0 unspecified atom stereocenters. The third kappa shape index (κ3) is 4.42. The van der Waals surface area contributed by atoms with Gasteiger partial charge in [-0.05, 0) is 49.3 Å². The molecule has 1 saturated heterocycles. The molecule has 4 aliphatic rings. The lowest BCUT2D eigenvalue weighted by Crippen LogP contribution is -2.51. The molecule has 2 heterocycles. The van der Waals surface area contributed by atoms with E-state index in [1.807, 2.05) is 0 Å². The van der Waals surface area contributed by atoms with Crippen molar-refractivity contribution in [1.82, 2.24) is 10.2 Å². The number of benzene rings is 2. The molecule has 5 atom stereocenters. The van der Waals surface area contributed by atoms with Crippen molar-refractivity contribution >= 4 is 17.5 Å². The lowest BCUT2D eigenvalue weighted by Gasteiger charge is -2.42. The van der Waals surface area contributed by atoms with Crippen LogP contribution in [0.25, 0.3) is 0 Å². The summed E-state index contributed by atoms with van der Waals surface area (Å²) in [4.78, 5) is 29.5. The van der Waals surface area contributed by atoms with Crippen LogP contribution >= 0.6 is 0 Å². The Morgan fingerprint density at radius 2 is 1.53 bits per heavy atom. The summed E-state index contributed by atoms with van der Waals surface area (Å²) in [6.45, 7) is 0.785. The van der Waals surface area contributed by atoms with Crippen LogP contribution in [0.3, 0.4) is 0 Å². The highest BCUT2D eigenvalue weighted by atomic mass is 16.2. The molecule has 0 radical (unpaired) electrons. The molecule has 2 aromatic rings. The average Bonchev–Trinajstić information content (AvgIpc) is 3.39. The maximum absolute atomic E-state index is 14.2. The minimum absolute atomic E-state index is 0.0263. The first kappa shape index (κ1) is 23.6. The Labute approximate surface area is 215 Å². The summed E-state index contributed by atoms with van der Waals surface area (Å²) in [5.74, 6) is 0.803. The quantitative estimate of drug-likeness (QED) is 0.558. The molecule has 3 fully saturated rings. The third-order valence-electron chi connectivity index (χ3n) is 9.29. The Morgan fingerprint density at radius 3 is 2.36 bits per heavy atom. The van der Waals surface area contributed by atoms with Crippen molar-refractivity contribution in [2.75, 3.05) is 11.9 Å². The maximum Gasteiger partial charge on any atom is 0.228 e. The van der Waals surface area contributed by atoms with Crippen LogP contribution < -0.4 is 10.6 Å². The van der Waals surface area contributed by atoms with Gasteiger partial charge in [0.25, 0.3) is 0 Å². The van der Waals surface area contributed by atoms with Gasteiger partial charge in [0.15, 0.2) is 0 Å². The third-order valence-corrected chi connectivity index (χ3v) is 9.29. The molecule has 36 heavy (non-hydrogen) atoms. The van der Waals surface area contributed by atoms with Crippen LogP contribution in [0.15, 0.2) is 54.6 Å². The lowest BCUT2D eigenvalue weighted by atomic mass is 9.79. The first-order valence-corrected chi connectivity index (χ1v) is 14.2. The van der Waals surface area contributed by atoms with E-state index in [2.05, 4.69) is 70.1 Å². The van der Waals surface area contributed by atoms with E-state index in [4.69, 9.17) is 0 Å². The zero-order valence-electron chi connectivity index (χ0n) is 21.2. The van der Waals surface area contributed by atoms with E-state index in [0.717, 1.165) is 70.0 Å². The molecule has 0 aromatic heterocycles. The number of nitrogens with one attached hydrogen (secondary N) is 2. The minimum atomic E-state index is -0.109. The molecule has 2 N–H and O–H groups in total. The van der Waals surface area contributed by atoms with Gasteiger partial charge in [0, 0.05) is 30.1 Å². The molecular formula is C31H39N3O2. The summed E-state index contributed by atoms with van der Waals surface area (Å²) >= 11 is 0. The normalized spacial score (nSPS) is 30.1. The Kier molecular flexibility index (Phi) is 6.73. The van der Waals surface area contributed by atoms with Crippen LogP contribution in [0.2, 0.25) is 0 Å². The number of nitrogens with zero attached hydrogens (tertiary/aromatic N) is 1. The van der Waals surface area contributed by atoms with Crippen molar-refractivity contribution in [3.8, 4) is 0 Å². The van der Waals surface area contributed by atoms with Gasteiger partial charge in [0.05, 0.1) is 18.0 Å². The SMILES string of the molecule is O=C(N[C@@H]1CCCC[C@@H]1C(=O)N1CC[C@@H]2[C@H](c3ccccc3)Nc3ccccc3[C@@H]21)C1CCCCC1. The van der Waals surface area contributed by atoms with E-state index in [-0.39, 0.29) is 41.8 Å². The molecule has 190 valence electrons. The molecule has 2 aromatic carbocycles. The Hall–Kier alpha value is -2.82.